The van der Waals surface area contributed by atoms with E-state index in [-0.39, 0.29) is 21.1 Å². The number of pyridine rings is 2. The van der Waals surface area contributed by atoms with Gasteiger partial charge in [-0.25, -0.2) is 0 Å². The molecule has 0 fully saturated rings. The molecule has 0 spiro atoms. The predicted molar refractivity (Wildman–Crippen MR) is 125 cm³/mol. The van der Waals surface area contributed by atoms with E-state index >= 15 is 0 Å². The zero-order chi connectivity index (χ0) is 20.4. The van der Waals surface area contributed by atoms with Gasteiger partial charge in [0.1, 0.15) is 0 Å². The van der Waals surface area contributed by atoms with Crippen LogP contribution in [0.4, 0.5) is 0 Å². The molecule has 1 aliphatic heterocycles. The number of para-hydroxylation sites is 2. The Morgan fingerprint density at radius 3 is 1.47 bits per heavy atom. The molecule has 0 N–H and O–H groups in total. The summed E-state index contributed by atoms with van der Waals surface area (Å²) in [5.41, 5.74) is 9.54. The maximum Gasteiger partial charge on any atom is 2.00 e. The van der Waals surface area contributed by atoms with E-state index in [4.69, 9.17) is 15.0 Å². The molecule has 4 heteroatoms. The van der Waals surface area contributed by atoms with Crippen LogP contribution in [0.3, 0.4) is 0 Å². The first kappa shape index (κ1) is 19.2. The minimum absolute atomic E-state index is 0. The van der Waals surface area contributed by atoms with Crippen molar-refractivity contribution in [2.45, 2.75) is 0 Å². The Hall–Kier alpha value is -3.55. The van der Waals surface area contributed by atoms with Gasteiger partial charge in [0.05, 0.1) is 11.4 Å². The number of rotatable bonds is 0. The molecule has 1 aliphatic rings. The summed E-state index contributed by atoms with van der Waals surface area (Å²) in [6, 6.07) is 34.6. The van der Waals surface area contributed by atoms with Gasteiger partial charge < -0.3 is 4.98 Å². The van der Waals surface area contributed by atoms with E-state index in [1.165, 1.54) is 0 Å². The first-order valence-corrected chi connectivity index (χ1v) is 10.3. The van der Waals surface area contributed by atoms with Crippen molar-refractivity contribution < 1.29 is 21.1 Å². The molecule has 32 heavy (non-hydrogen) atoms. The molecule has 0 saturated heterocycles. The van der Waals surface area contributed by atoms with Crippen molar-refractivity contribution in [3.63, 3.8) is 0 Å². The van der Waals surface area contributed by atoms with E-state index in [2.05, 4.69) is 66.7 Å². The van der Waals surface area contributed by atoms with Crippen molar-refractivity contribution in [2.24, 2.45) is 0 Å². The zero-order valence-electron chi connectivity index (χ0n) is 16.8. The summed E-state index contributed by atoms with van der Waals surface area (Å²) < 4.78 is 0. The summed E-state index contributed by atoms with van der Waals surface area (Å²) in [5.74, 6) is 0. The van der Waals surface area contributed by atoms with E-state index in [0.717, 1.165) is 66.8 Å². The minimum atomic E-state index is 0. The summed E-state index contributed by atoms with van der Waals surface area (Å²) >= 11 is 0. The third kappa shape index (κ3) is 2.78. The van der Waals surface area contributed by atoms with Gasteiger partial charge in [-0.05, 0) is 34.0 Å². The van der Waals surface area contributed by atoms with Crippen molar-refractivity contribution in [3.05, 3.63) is 97.1 Å². The maximum atomic E-state index is 5.11. The van der Waals surface area contributed by atoms with Gasteiger partial charge in [-0.2, -0.15) is 0 Å². The fraction of sp³-hybridized carbons (Fsp3) is 0. The number of hydrogen-bond donors (Lipinski definition) is 0. The van der Waals surface area contributed by atoms with Crippen LogP contribution in [0.15, 0.2) is 91.0 Å². The summed E-state index contributed by atoms with van der Waals surface area (Å²) in [5, 5.41) is 2.28. The number of hydrogen-bond acceptors (Lipinski definition) is 2. The number of benzene rings is 3. The number of aromatic nitrogens is 3. The van der Waals surface area contributed by atoms with Crippen LogP contribution in [-0.4, -0.2) is 9.97 Å². The summed E-state index contributed by atoms with van der Waals surface area (Å²) in [6.07, 6.45) is 0. The van der Waals surface area contributed by atoms with Gasteiger partial charge in [0, 0.05) is 11.4 Å². The van der Waals surface area contributed by atoms with Crippen molar-refractivity contribution in [3.8, 4) is 45.0 Å². The van der Waals surface area contributed by atoms with Crippen LogP contribution in [0.1, 0.15) is 0 Å². The molecule has 3 nitrogen and oxygen atoms in total. The molecule has 152 valence electrons. The Labute approximate surface area is 199 Å². The monoisotopic (exact) mass is 588 g/mol. The van der Waals surface area contributed by atoms with E-state index in [1.54, 1.807) is 0 Å². The van der Waals surface area contributed by atoms with Crippen LogP contribution in [0.25, 0.3) is 66.8 Å². The average Bonchev–Trinajstić information content (AvgIpc) is 3.23. The normalized spacial score (nSPS) is 11.5. The Morgan fingerprint density at radius 1 is 0.500 bits per heavy atom. The van der Waals surface area contributed by atoms with Crippen molar-refractivity contribution in [1.29, 1.82) is 0 Å². The molecular weight excluding hydrogens is 573 g/mol. The third-order valence-corrected chi connectivity index (χ3v) is 5.98. The van der Waals surface area contributed by atoms with Crippen molar-refractivity contribution in [2.75, 3.05) is 0 Å². The summed E-state index contributed by atoms with van der Waals surface area (Å²) in [4.78, 5) is 15.1. The zero-order valence-corrected chi connectivity index (χ0v) is 19.1. The second-order valence-electron chi connectivity index (χ2n) is 7.81. The molecule has 0 radical (unpaired) electrons. The first-order chi connectivity index (χ1) is 15.3. The fourth-order valence-corrected chi connectivity index (χ4v) is 4.53. The Bertz CT molecular complexity index is 1530. The van der Waals surface area contributed by atoms with E-state index in [1.807, 2.05) is 30.3 Å². The molecular formula is C28H15N3Pt. The SMILES string of the molecule is [Pt+2].[c-]1c2cccc1-c1cccc(n1)-c1cccc3c1[n-]c1c(cccc13)-c1cccc-2n1. The van der Waals surface area contributed by atoms with Crippen LogP contribution >= 0.6 is 0 Å². The molecule has 6 aromatic rings. The van der Waals surface area contributed by atoms with Gasteiger partial charge in [-0.15, -0.1) is 35.3 Å². The van der Waals surface area contributed by atoms with Crippen LogP contribution < -0.4 is 4.98 Å². The molecule has 4 heterocycles. The Morgan fingerprint density at radius 2 is 0.938 bits per heavy atom. The van der Waals surface area contributed by atoms with E-state index in [9.17, 15) is 0 Å². The molecule has 3 aromatic carbocycles. The quantitative estimate of drug-likeness (QED) is 0.190. The van der Waals surface area contributed by atoms with E-state index < -0.39 is 0 Å². The third-order valence-electron chi connectivity index (χ3n) is 5.98. The van der Waals surface area contributed by atoms with Gasteiger partial charge >= 0.3 is 21.1 Å². The molecule has 3 aromatic heterocycles. The van der Waals surface area contributed by atoms with Gasteiger partial charge in [0.25, 0.3) is 0 Å². The maximum absolute atomic E-state index is 5.11. The van der Waals surface area contributed by atoms with Crippen molar-refractivity contribution >= 4 is 21.8 Å². The summed E-state index contributed by atoms with van der Waals surface area (Å²) in [7, 11) is 0. The largest absolute Gasteiger partial charge is 2.00 e. The van der Waals surface area contributed by atoms with Gasteiger partial charge in [-0.1, -0.05) is 71.8 Å². The van der Waals surface area contributed by atoms with Crippen LogP contribution in [-0.2, 0) is 21.1 Å². The first-order valence-electron chi connectivity index (χ1n) is 10.3. The molecule has 0 atom stereocenters. The van der Waals surface area contributed by atoms with Gasteiger partial charge in [0.2, 0.25) is 0 Å². The van der Waals surface area contributed by atoms with Crippen LogP contribution in [0.2, 0.25) is 0 Å². The molecule has 0 saturated carbocycles. The molecule has 8 bridgehead atoms. The number of fused-ring (bicyclic) bond motifs is 11. The Balaban J connectivity index is 0.00000196. The Kier molecular flexibility index (Phi) is 4.34. The van der Waals surface area contributed by atoms with Crippen LogP contribution in [0, 0.1) is 6.07 Å². The number of nitrogens with zero attached hydrogens (tertiary/aromatic N) is 3. The predicted octanol–water partition coefficient (Wildman–Crippen LogP) is 6.52. The van der Waals surface area contributed by atoms with Crippen LogP contribution in [0.5, 0.6) is 0 Å². The van der Waals surface area contributed by atoms with Gasteiger partial charge in [0.15, 0.2) is 0 Å². The summed E-state index contributed by atoms with van der Waals surface area (Å²) in [6.45, 7) is 0. The average molecular weight is 589 g/mol. The standard InChI is InChI=1S/C28H15N3.Pt/c1-6-17-16-18(7-1)24-13-5-15-26(30-24)22-11-3-9-20-19-8-2-10-21(27(19)31-28(20)22)25-14-4-12-23(17)29-25;/h1-15H;/q-2;+2. The molecule has 0 unspecified atom stereocenters. The fourth-order valence-electron chi connectivity index (χ4n) is 4.53. The second kappa shape index (κ2) is 7.25. The molecule has 0 amide bonds. The van der Waals surface area contributed by atoms with Gasteiger partial charge in [-0.3, -0.25) is 9.97 Å². The smallest absolute Gasteiger partial charge is 0.656 e. The molecule has 0 aliphatic carbocycles. The molecule has 7 rings (SSSR count). The minimum Gasteiger partial charge on any atom is -0.656 e. The van der Waals surface area contributed by atoms with E-state index in [0.29, 0.717) is 0 Å². The second-order valence-corrected chi connectivity index (χ2v) is 7.81. The topological polar surface area (TPSA) is 39.9 Å². The van der Waals surface area contributed by atoms with Crippen molar-refractivity contribution in [1.82, 2.24) is 15.0 Å².